The van der Waals surface area contributed by atoms with Gasteiger partial charge in [0.25, 0.3) is 0 Å². The van der Waals surface area contributed by atoms with Crippen LogP contribution in [0.15, 0.2) is 36.4 Å². The first-order chi connectivity index (χ1) is 10.6. The standard InChI is InChI=1S/C16H14IN3O2/c1-21-13-7-11-12(8-14(13)22-2)19-16(18)20-15(11)9-3-5-10(17)6-4-9/h3-8H,1-2H3,(H2,18,19,20). The number of methoxy groups -OCH3 is 2. The average Bonchev–Trinajstić information content (AvgIpc) is 2.53. The van der Waals surface area contributed by atoms with Gasteiger partial charge in [-0.05, 0) is 40.8 Å². The summed E-state index contributed by atoms with van der Waals surface area (Å²) in [7, 11) is 3.20. The normalized spacial score (nSPS) is 10.7. The summed E-state index contributed by atoms with van der Waals surface area (Å²) in [4.78, 5) is 8.69. The van der Waals surface area contributed by atoms with Crippen LogP contribution in [0.5, 0.6) is 11.5 Å². The monoisotopic (exact) mass is 407 g/mol. The Kier molecular flexibility index (Phi) is 4.02. The number of nitrogens with zero attached hydrogens (tertiary/aromatic N) is 2. The molecule has 0 bridgehead atoms. The summed E-state index contributed by atoms with van der Waals surface area (Å²) >= 11 is 2.27. The minimum atomic E-state index is 0.230. The lowest BCUT2D eigenvalue weighted by Gasteiger charge is -2.12. The van der Waals surface area contributed by atoms with Crippen LogP contribution in [0, 0.1) is 3.57 Å². The molecule has 0 spiro atoms. The van der Waals surface area contributed by atoms with E-state index in [2.05, 4.69) is 32.6 Å². The molecule has 0 atom stereocenters. The van der Waals surface area contributed by atoms with Crippen molar-refractivity contribution in [2.45, 2.75) is 0 Å². The molecule has 0 saturated carbocycles. The van der Waals surface area contributed by atoms with Crippen LogP contribution in [0.25, 0.3) is 22.2 Å². The molecule has 3 rings (SSSR count). The summed E-state index contributed by atoms with van der Waals surface area (Å²) < 4.78 is 11.8. The molecule has 0 radical (unpaired) electrons. The van der Waals surface area contributed by atoms with Crippen molar-refractivity contribution in [3.05, 3.63) is 40.0 Å². The third-order valence-electron chi connectivity index (χ3n) is 3.34. The molecule has 0 aliphatic carbocycles. The lowest BCUT2D eigenvalue weighted by Crippen LogP contribution is -1.99. The van der Waals surface area contributed by atoms with Crippen LogP contribution in [0.1, 0.15) is 0 Å². The second-order valence-corrected chi connectivity index (χ2v) is 5.91. The van der Waals surface area contributed by atoms with Gasteiger partial charge in [-0.3, -0.25) is 0 Å². The Morgan fingerprint density at radius 2 is 1.59 bits per heavy atom. The van der Waals surface area contributed by atoms with Crippen molar-refractivity contribution in [1.82, 2.24) is 9.97 Å². The summed E-state index contributed by atoms with van der Waals surface area (Å²) in [5, 5.41) is 0.869. The summed E-state index contributed by atoms with van der Waals surface area (Å²) in [5.74, 6) is 1.48. The highest BCUT2D eigenvalue weighted by Crippen LogP contribution is 2.35. The fraction of sp³-hybridized carbons (Fsp3) is 0.125. The van der Waals surface area contributed by atoms with Gasteiger partial charge in [-0.25, -0.2) is 9.97 Å². The average molecular weight is 407 g/mol. The molecule has 2 N–H and O–H groups in total. The summed E-state index contributed by atoms with van der Waals surface area (Å²) in [6, 6.07) is 11.8. The van der Waals surface area contributed by atoms with Crippen molar-refractivity contribution in [2.24, 2.45) is 0 Å². The third-order valence-corrected chi connectivity index (χ3v) is 4.06. The van der Waals surface area contributed by atoms with Gasteiger partial charge in [0.15, 0.2) is 11.5 Å². The van der Waals surface area contributed by atoms with Gasteiger partial charge in [0.05, 0.1) is 25.4 Å². The molecule has 22 heavy (non-hydrogen) atoms. The number of aromatic nitrogens is 2. The zero-order valence-corrected chi connectivity index (χ0v) is 14.3. The van der Waals surface area contributed by atoms with Crippen LogP contribution in [-0.4, -0.2) is 24.2 Å². The molecule has 0 unspecified atom stereocenters. The molecule has 0 saturated heterocycles. The Morgan fingerprint density at radius 1 is 0.955 bits per heavy atom. The molecule has 6 heteroatoms. The number of benzene rings is 2. The van der Waals surface area contributed by atoms with E-state index in [-0.39, 0.29) is 5.95 Å². The van der Waals surface area contributed by atoms with Crippen LogP contribution in [0.3, 0.4) is 0 Å². The SMILES string of the molecule is COc1cc2nc(N)nc(-c3ccc(I)cc3)c2cc1OC. The van der Waals surface area contributed by atoms with E-state index in [1.807, 2.05) is 36.4 Å². The van der Waals surface area contributed by atoms with Crippen LogP contribution in [-0.2, 0) is 0 Å². The van der Waals surface area contributed by atoms with E-state index in [4.69, 9.17) is 15.2 Å². The van der Waals surface area contributed by atoms with E-state index in [1.54, 1.807) is 14.2 Å². The maximum atomic E-state index is 5.86. The molecule has 1 aromatic heterocycles. The van der Waals surface area contributed by atoms with E-state index < -0.39 is 0 Å². The molecule has 3 aromatic rings. The Balaban J connectivity index is 2.31. The molecule has 112 valence electrons. The van der Waals surface area contributed by atoms with Crippen LogP contribution in [0.2, 0.25) is 0 Å². The van der Waals surface area contributed by atoms with E-state index in [0.29, 0.717) is 11.5 Å². The number of halogens is 1. The number of nitrogens with two attached hydrogens (primary N) is 1. The minimum absolute atomic E-state index is 0.230. The van der Waals surface area contributed by atoms with Gasteiger partial charge in [0.2, 0.25) is 5.95 Å². The quantitative estimate of drug-likeness (QED) is 0.674. The zero-order valence-electron chi connectivity index (χ0n) is 12.1. The molecular weight excluding hydrogens is 393 g/mol. The fourth-order valence-electron chi connectivity index (χ4n) is 2.30. The van der Waals surface area contributed by atoms with Gasteiger partial charge < -0.3 is 15.2 Å². The molecular formula is C16H14IN3O2. The van der Waals surface area contributed by atoms with Crippen molar-refractivity contribution in [2.75, 3.05) is 20.0 Å². The fourth-order valence-corrected chi connectivity index (χ4v) is 2.66. The van der Waals surface area contributed by atoms with Gasteiger partial charge >= 0.3 is 0 Å². The molecule has 0 fully saturated rings. The molecule has 0 amide bonds. The van der Waals surface area contributed by atoms with Crippen molar-refractivity contribution >= 4 is 39.4 Å². The van der Waals surface area contributed by atoms with Gasteiger partial charge in [-0.2, -0.15) is 0 Å². The molecule has 0 aliphatic heterocycles. The highest BCUT2D eigenvalue weighted by Gasteiger charge is 2.13. The first kappa shape index (κ1) is 14.8. The van der Waals surface area contributed by atoms with E-state index >= 15 is 0 Å². The summed E-state index contributed by atoms with van der Waals surface area (Å²) in [5.41, 5.74) is 8.34. The maximum absolute atomic E-state index is 5.86. The number of hydrogen-bond acceptors (Lipinski definition) is 5. The first-order valence-electron chi connectivity index (χ1n) is 6.57. The van der Waals surface area contributed by atoms with Crippen LogP contribution < -0.4 is 15.2 Å². The van der Waals surface area contributed by atoms with E-state index in [1.165, 1.54) is 0 Å². The minimum Gasteiger partial charge on any atom is -0.493 e. The highest BCUT2D eigenvalue weighted by atomic mass is 127. The molecule has 5 nitrogen and oxygen atoms in total. The Morgan fingerprint density at radius 3 is 2.23 bits per heavy atom. The Hall–Kier alpha value is -2.09. The number of hydrogen-bond donors (Lipinski definition) is 1. The molecule has 2 aromatic carbocycles. The Labute approximate surface area is 141 Å². The smallest absolute Gasteiger partial charge is 0.221 e. The van der Waals surface area contributed by atoms with Gasteiger partial charge in [-0.15, -0.1) is 0 Å². The third kappa shape index (κ3) is 2.66. The summed E-state index contributed by atoms with van der Waals surface area (Å²) in [6.07, 6.45) is 0. The number of rotatable bonds is 3. The van der Waals surface area contributed by atoms with Crippen LogP contribution in [0.4, 0.5) is 5.95 Å². The topological polar surface area (TPSA) is 70.3 Å². The zero-order chi connectivity index (χ0) is 15.7. The largest absolute Gasteiger partial charge is 0.493 e. The number of ether oxygens (including phenoxy) is 2. The summed E-state index contributed by atoms with van der Waals surface area (Å²) in [6.45, 7) is 0. The number of nitrogen functional groups attached to an aromatic ring is 1. The van der Waals surface area contributed by atoms with Gasteiger partial charge in [0, 0.05) is 20.6 Å². The van der Waals surface area contributed by atoms with Crippen molar-refractivity contribution < 1.29 is 9.47 Å². The molecule has 0 aliphatic rings. The first-order valence-corrected chi connectivity index (χ1v) is 7.65. The highest BCUT2D eigenvalue weighted by molar-refractivity contribution is 14.1. The van der Waals surface area contributed by atoms with Crippen molar-refractivity contribution in [3.8, 4) is 22.8 Å². The number of fused-ring (bicyclic) bond motifs is 1. The second kappa shape index (κ2) is 5.96. The van der Waals surface area contributed by atoms with Crippen molar-refractivity contribution in [1.29, 1.82) is 0 Å². The molecule has 1 heterocycles. The predicted octanol–water partition coefficient (Wildman–Crippen LogP) is 3.50. The Bertz CT molecular complexity index is 835. The maximum Gasteiger partial charge on any atom is 0.221 e. The van der Waals surface area contributed by atoms with E-state index in [0.717, 1.165) is 25.7 Å². The number of anilines is 1. The lowest BCUT2D eigenvalue weighted by atomic mass is 10.1. The van der Waals surface area contributed by atoms with Gasteiger partial charge in [-0.1, -0.05) is 12.1 Å². The lowest BCUT2D eigenvalue weighted by molar-refractivity contribution is 0.356. The van der Waals surface area contributed by atoms with Gasteiger partial charge in [0.1, 0.15) is 0 Å². The second-order valence-electron chi connectivity index (χ2n) is 4.66. The van der Waals surface area contributed by atoms with Crippen molar-refractivity contribution in [3.63, 3.8) is 0 Å². The predicted molar refractivity (Wildman–Crippen MR) is 95.2 cm³/mol. The van der Waals surface area contributed by atoms with Crippen LogP contribution >= 0.6 is 22.6 Å². The van der Waals surface area contributed by atoms with E-state index in [9.17, 15) is 0 Å².